The van der Waals surface area contributed by atoms with Crippen LogP contribution in [0.25, 0.3) is 0 Å². The lowest BCUT2D eigenvalue weighted by atomic mass is 10.1. The van der Waals surface area contributed by atoms with Gasteiger partial charge in [0.1, 0.15) is 16.7 Å². The molecular formula is C17H19ClN2O. The maximum Gasteiger partial charge on any atom is 0.227 e. The van der Waals surface area contributed by atoms with E-state index in [9.17, 15) is 0 Å². The summed E-state index contributed by atoms with van der Waals surface area (Å²) in [6.45, 7) is 8.11. The first-order chi connectivity index (χ1) is 9.95. The van der Waals surface area contributed by atoms with Gasteiger partial charge in [0.25, 0.3) is 0 Å². The Morgan fingerprint density at radius 1 is 1.05 bits per heavy atom. The second kappa shape index (κ2) is 5.30. The summed E-state index contributed by atoms with van der Waals surface area (Å²) in [5.41, 5.74) is 4.31. The molecule has 0 aliphatic heterocycles. The van der Waals surface area contributed by atoms with E-state index in [0.29, 0.717) is 17.0 Å². The lowest BCUT2D eigenvalue weighted by Crippen LogP contribution is -2.01. The largest absolute Gasteiger partial charge is 0.438 e. The Morgan fingerprint density at radius 3 is 2.43 bits per heavy atom. The van der Waals surface area contributed by atoms with Gasteiger partial charge in [-0.05, 0) is 63.3 Å². The summed E-state index contributed by atoms with van der Waals surface area (Å²) < 4.78 is 6.07. The van der Waals surface area contributed by atoms with Crippen LogP contribution in [-0.2, 0) is 0 Å². The molecule has 0 spiro atoms. The summed E-state index contributed by atoms with van der Waals surface area (Å²) in [6.07, 6.45) is 2.28. The highest BCUT2D eigenvalue weighted by molar-refractivity contribution is 6.30. The predicted octanol–water partition coefficient (Wildman–Crippen LogP) is 5.03. The van der Waals surface area contributed by atoms with Gasteiger partial charge in [-0.25, -0.2) is 4.98 Å². The fourth-order valence-corrected chi connectivity index (χ4v) is 2.49. The van der Waals surface area contributed by atoms with Crippen LogP contribution < -0.4 is 4.74 Å². The Bertz CT molecular complexity index is 708. The molecule has 0 N–H and O–H groups in total. The highest BCUT2D eigenvalue weighted by Crippen LogP contribution is 2.40. The van der Waals surface area contributed by atoms with Crippen LogP contribution in [0.3, 0.4) is 0 Å². The molecule has 0 unspecified atom stereocenters. The maximum absolute atomic E-state index is 6.23. The first-order valence-corrected chi connectivity index (χ1v) is 7.63. The molecule has 0 radical (unpaired) electrons. The molecule has 1 aliphatic carbocycles. The van der Waals surface area contributed by atoms with Crippen molar-refractivity contribution < 1.29 is 4.74 Å². The topological polar surface area (TPSA) is 35.0 Å². The number of halogens is 1. The zero-order chi connectivity index (χ0) is 15.1. The van der Waals surface area contributed by atoms with Gasteiger partial charge in [-0.1, -0.05) is 17.7 Å². The van der Waals surface area contributed by atoms with Crippen molar-refractivity contribution in [1.29, 1.82) is 0 Å². The smallest absolute Gasteiger partial charge is 0.227 e. The summed E-state index contributed by atoms with van der Waals surface area (Å²) >= 11 is 6.23. The average Bonchev–Trinajstić information content (AvgIpc) is 3.24. The van der Waals surface area contributed by atoms with Gasteiger partial charge >= 0.3 is 0 Å². The number of hydrogen-bond donors (Lipinski definition) is 0. The van der Waals surface area contributed by atoms with Crippen LogP contribution >= 0.6 is 11.6 Å². The second-order valence-electron chi connectivity index (χ2n) is 5.88. The normalized spacial score (nSPS) is 14.3. The molecule has 3 nitrogen and oxygen atoms in total. The van der Waals surface area contributed by atoms with E-state index < -0.39 is 0 Å². The predicted molar refractivity (Wildman–Crippen MR) is 84.5 cm³/mol. The van der Waals surface area contributed by atoms with Crippen LogP contribution in [0.15, 0.2) is 12.1 Å². The number of rotatable bonds is 3. The number of ether oxygens (including phenoxy) is 1. The Balaban J connectivity index is 2.01. The second-order valence-corrected chi connectivity index (χ2v) is 6.24. The number of nitrogens with zero attached hydrogens (tertiary/aromatic N) is 2. The van der Waals surface area contributed by atoms with Crippen LogP contribution in [0.4, 0.5) is 0 Å². The molecule has 0 saturated heterocycles. The number of aromatic nitrogens is 2. The van der Waals surface area contributed by atoms with Crippen molar-refractivity contribution in [3.05, 3.63) is 45.4 Å². The standard InChI is InChI=1S/C17H19ClN2O/c1-9-7-10(2)11(3)14(8-9)21-17-12(4)15(18)19-16(20-17)13-5-6-13/h7-8,13H,5-6H2,1-4H3. The van der Waals surface area contributed by atoms with Crippen molar-refractivity contribution in [2.45, 2.75) is 46.5 Å². The maximum atomic E-state index is 6.23. The summed E-state index contributed by atoms with van der Waals surface area (Å²) in [7, 11) is 0. The van der Waals surface area contributed by atoms with Gasteiger partial charge in [0.2, 0.25) is 5.88 Å². The minimum absolute atomic E-state index is 0.450. The third-order valence-corrected chi connectivity index (χ3v) is 4.34. The van der Waals surface area contributed by atoms with Crippen LogP contribution in [0.5, 0.6) is 11.6 Å². The molecule has 1 aromatic heterocycles. The Kier molecular flexibility index (Phi) is 3.62. The number of benzene rings is 1. The summed E-state index contributed by atoms with van der Waals surface area (Å²) in [5.74, 6) is 2.67. The molecule has 2 aromatic rings. The summed E-state index contributed by atoms with van der Waals surface area (Å²) in [4.78, 5) is 8.94. The molecule has 21 heavy (non-hydrogen) atoms. The first-order valence-electron chi connectivity index (χ1n) is 7.25. The van der Waals surface area contributed by atoms with Gasteiger partial charge in [-0.2, -0.15) is 4.98 Å². The van der Waals surface area contributed by atoms with Crippen LogP contribution in [0.2, 0.25) is 5.15 Å². The highest BCUT2D eigenvalue weighted by atomic mass is 35.5. The van der Waals surface area contributed by atoms with Crippen molar-refractivity contribution in [3.63, 3.8) is 0 Å². The zero-order valence-corrected chi connectivity index (χ0v) is 13.6. The quantitative estimate of drug-likeness (QED) is 0.746. The fourth-order valence-electron chi connectivity index (χ4n) is 2.32. The Hall–Kier alpha value is -1.61. The molecular weight excluding hydrogens is 284 g/mol. The molecule has 1 fully saturated rings. The first kappa shape index (κ1) is 14.3. The molecule has 4 heteroatoms. The zero-order valence-electron chi connectivity index (χ0n) is 12.8. The lowest BCUT2D eigenvalue weighted by Gasteiger charge is -2.14. The summed E-state index contributed by atoms with van der Waals surface area (Å²) in [5, 5.41) is 0.490. The van der Waals surface area contributed by atoms with E-state index in [0.717, 1.165) is 35.5 Å². The molecule has 3 rings (SSSR count). The average molecular weight is 303 g/mol. The molecule has 1 heterocycles. The monoisotopic (exact) mass is 302 g/mol. The van der Waals surface area contributed by atoms with Crippen molar-refractivity contribution in [3.8, 4) is 11.6 Å². The van der Waals surface area contributed by atoms with Crippen LogP contribution in [0, 0.1) is 27.7 Å². The molecule has 0 amide bonds. The minimum atomic E-state index is 0.450. The van der Waals surface area contributed by atoms with Gasteiger partial charge in [0.15, 0.2) is 0 Å². The van der Waals surface area contributed by atoms with Crippen LogP contribution in [0.1, 0.15) is 46.8 Å². The molecule has 110 valence electrons. The number of hydrogen-bond acceptors (Lipinski definition) is 3. The summed E-state index contributed by atoms with van der Waals surface area (Å²) in [6, 6.07) is 4.19. The van der Waals surface area contributed by atoms with E-state index in [2.05, 4.69) is 36.8 Å². The van der Waals surface area contributed by atoms with E-state index >= 15 is 0 Å². The fraction of sp³-hybridized carbons (Fsp3) is 0.412. The SMILES string of the molecule is Cc1cc(C)c(C)c(Oc2nc(C3CC3)nc(Cl)c2C)c1. The van der Waals surface area contributed by atoms with Crippen molar-refractivity contribution in [2.24, 2.45) is 0 Å². The van der Waals surface area contributed by atoms with E-state index in [-0.39, 0.29) is 0 Å². The minimum Gasteiger partial charge on any atom is -0.438 e. The van der Waals surface area contributed by atoms with Gasteiger partial charge < -0.3 is 4.74 Å². The number of aryl methyl sites for hydroxylation is 2. The van der Waals surface area contributed by atoms with Gasteiger partial charge in [-0.3, -0.25) is 0 Å². The molecule has 1 saturated carbocycles. The van der Waals surface area contributed by atoms with E-state index in [1.165, 1.54) is 11.1 Å². The molecule has 0 atom stereocenters. The van der Waals surface area contributed by atoms with E-state index in [4.69, 9.17) is 16.3 Å². The van der Waals surface area contributed by atoms with Crippen molar-refractivity contribution in [2.75, 3.05) is 0 Å². The highest BCUT2D eigenvalue weighted by Gasteiger charge is 2.28. The third-order valence-electron chi connectivity index (χ3n) is 3.97. The molecule has 1 aliphatic rings. The third kappa shape index (κ3) is 2.88. The Labute approximate surface area is 130 Å². The van der Waals surface area contributed by atoms with Crippen LogP contribution in [-0.4, -0.2) is 9.97 Å². The van der Waals surface area contributed by atoms with E-state index in [1.807, 2.05) is 13.0 Å². The van der Waals surface area contributed by atoms with Crippen molar-refractivity contribution >= 4 is 11.6 Å². The van der Waals surface area contributed by atoms with Crippen molar-refractivity contribution in [1.82, 2.24) is 9.97 Å². The van der Waals surface area contributed by atoms with Gasteiger partial charge in [0.05, 0.1) is 0 Å². The lowest BCUT2D eigenvalue weighted by molar-refractivity contribution is 0.450. The van der Waals surface area contributed by atoms with E-state index in [1.54, 1.807) is 0 Å². The molecule has 1 aromatic carbocycles. The van der Waals surface area contributed by atoms with Gasteiger partial charge in [-0.15, -0.1) is 0 Å². The molecule has 0 bridgehead atoms. The van der Waals surface area contributed by atoms with Gasteiger partial charge in [0, 0.05) is 11.5 Å². The Morgan fingerprint density at radius 2 is 1.76 bits per heavy atom.